The summed E-state index contributed by atoms with van der Waals surface area (Å²) < 4.78 is 4.68. The Morgan fingerprint density at radius 2 is 2.17 bits per heavy atom. The summed E-state index contributed by atoms with van der Waals surface area (Å²) in [6, 6.07) is 0.139. The highest BCUT2D eigenvalue weighted by Crippen LogP contribution is 2.27. The molecule has 0 aromatic carbocycles. The molecule has 7 nitrogen and oxygen atoms in total. The zero-order valence-electron chi connectivity index (χ0n) is 10.9. The predicted octanol–water partition coefficient (Wildman–Crippen LogP) is 3.36. The van der Waals surface area contributed by atoms with Crippen LogP contribution in [0.15, 0.2) is 15.3 Å². The number of hydrogen-bond acceptors (Lipinski definition) is 5. The first-order chi connectivity index (χ1) is 8.68. The van der Waals surface area contributed by atoms with Crippen molar-refractivity contribution < 1.29 is 9.53 Å². The van der Waals surface area contributed by atoms with Crippen LogP contribution in [0.3, 0.4) is 0 Å². The quantitative estimate of drug-likeness (QED) is 0.313. The second-order valence-corrected chi connectivity index (χ2v) is 4.40. The minimum absolute atomic E-state index is 0.139. The number of carbonyl (C=O) groups is 1. The molecule has 0 heterocycles. The van der Waals surface area contributed by atoms with Crippen molar-refractivity contribution in [2.24, 2.45) is 15.3 Å². The molecule has 1 unspecified atom stereocenters. The molecule has 0 aromatic rings. The molecule has 0 bridgehead atoms. The normalized spacial score (nSPS) is 19.4. The van der Waals surface area contributed by atoms with Crippen LogP contribution in [-0.4, -0.2) is 24.8 Å². The largest absolute Gasteiger partial charge is 0.467 e. The highest BCUT2D eigenvalue weighted by molar-refractivity contribution is 5.80. The first-order valence-electron chi connectivity index (χ1n) is 6.25. The monoisotopic (exact) mass is 253 g/mol. The van der Waals surface area contributed by atoms with Gasteiger partial charge in [-0.2, -0.15) is 10.2 Å². The number of methoxy groups -OCH3 is 1. The van der Waals surface area contributed by atoms with E-state index in [1.807, 2.05) is 6.92 Å². The van der Waals surface area contributed by atoms with Gasteiger partial charge in [0.2, 0.25) is 0 Å². The van der Waals surface area contributed by atoms with E-state index in [0.717, 1.165) is 25.7 Å². The van der Waals surface area contributed by atoms with Crippen molar-refractivity contribution >= 4 is 5.97 Å². The van der Waals surface area contributed by atoms with Gasteiger partial charge in [0.15, 0.2) is 0 Å². The Labute approximate surface area is 106 Å². The molecule has 0 N–H and O–H groups in total. The van der Waals surface area contributed by atoms with Crippen molar-refractivity contribution in [3.05, 3.63) is 10.4 Å². The molecular weight excluding hydrogens is 234 g/mol. The molecule has 1 aliphatic carbocycles. The van der Waals surface area contributed by atoms with Gasteiger partial charge in [0, 0.05) is 4.91 Å². The molecule has 0 spiro atoms. The van der Waals surface area contributed by atoms with Crippen LogP contribution in [0.25, 0.3) is 10.4 Å². The van der Waals surface area contributed by atoms with Crippen molar-refractivity contribution in [1.29, 1.82) is 0 Å². The van der Waals surface area contributed by atoms with Crippen molar-refractivity contribution in [3.8, 4) is 0 Å². The summed E-state index contributed by atoms with van der Waals surface area (Å²) in [5.41, 5.74) is 7.09. The van der Waals surface area contributed by atoms with E-state index in [9.17, 15) is 4.79 Å². The molecule has 1 atom stereocenters. The fourth-order valence-corrected chi connectivity index (χ4v) is 2.09. The van der Waals surface area contributed by atoms with Gasteiger partial charge in [-0.15, -0.1) is 0 Å². The number of nitrogens with zero attached hydrogens (tertiary/aromatic N) is 5. The number of rotatable bonds is 6. The Balaban J connectivity index is 2.92. The first-order valence-corrected chi connectivity index (χ1v) is 6.25. The van der Waals surface area contributed by atoms with Crippen molar-refractivity contribution in [2.45, 2.75) is 57.2 Å². The first kappa shape index (κ1) is 14.4. The number of carbonyl (C=O) groups excluding carboxylic acids is 1. The molecule has 0 saturated heterocycles. The number of ether oxygens (including phenoxy) is 1. The van der Waals surface area contributed by atoms with Gasteiger partial charge >= 0.3 is 5.97 Å². The molecule has 100 valence electrons. The number of hydrogen-bond donors (Lipinski definition) is 0. The summed E-state index contributed by atoms with van der Waals surface area (Å²) in [7, 11) is 1.25. The van der Waals surface area contributed by atoms with Crippen LogP contribution >= 0.6 is 0 Å². The lowest BCUT2D eigenvalue weighted by Crippen LogP contribution is -2.35. The maximum absolute atomic E-state index is 11.8. The standard InChI is InChI=1S/C11H19N5O2/c1-3-8-11(15-16-12,10(17)18-2)14-13-9-6-4-5-7-9/h9H,3-8H2,1-2H3. The van der Waals surface area contributed by atoms with Gasteiger partial charge in [0.1, 0.15) is 0 Å². The summed E-state index contributed by atoms with van der Waals surface area (Å²) in [6.45, 7) is 1.88. The van der Waals surface area contributed by atoms with Gasteiger partial charge in [-0.05, 0) is 29.9 Å². The average molecular weight is 253 g/mol. The molecule has 0 amide bonds. The topological polar surface area (TPSA) is 99.8 Å². The zero-order valence-corrected chi connectivity index (χ0v) is 10.9. The molecule has 0 aliphatic heterocycles. The molecule has 7 heteroatoms. The van der Waals surface area contributed by atoms with Gasteiger partial charge in [-0.3, -0.25) is 0 Å². The lowest BCUT2D eigenvalue weighted by atomic mass is 10.1. The Hall–Kier alpha value is -1.62. The van der Waals surface area contributed by atoms with Crippen LogP contribution in [0.5, 0.6) is 0 Å². The number of azo groups is 1. The summed E-state index contributed by atoms with van der Waals surface area (Å²) in [5, 5.41) is 11.7. The van der Waals surface area contributed by atoms with Crippen molar-refractivity contribution in [3.63, 3.8) is 0 Å². The minimum atomic E-state index is -1.53. The van der Waals surface area contributed by atoms with Gasteiger partial charge < -0.3 is 4.74 Å². The van der Waals surface area contributed by atoms with E-state index in [0.29, 0.717) is 12.8 Å². The molecule has 1 fully saturated rings. The Bertz CT molecular complexity index is 358. The minimum Gasteiger partial charge on any atom is -0.467 e. The molecule has 1 saturated carbocycles. The van der Waals surface area contributed by atoms with E-state index < -0.39 is 11.6 Å². The lowest BCUT2D eigenvalue weighted by Gasteiger charge is -2.19. The van der Waals surface area contributed by atoms with E-state index in [-0.39, 0.29) is 6.04 Å². The van der Waals surface area contributed by atoms with E-state index in [1.54, 1.807) is 0 Å². The Morgan fingerprint density at radius 3 is 2.67 bits per heavy atom. The smallest absolute Gasteiger partial charge is 0.341 e. The molecule has 18 heavy (non-hydrogen) atoms. The van der Waals surface area contributed by atoms with Gasteiger partial charge in [0.05, 0.1) is 13.2 Å². The summed E-state index contributed by atoms with van der Waals surface area (Å²) in [6.07, 6.45) is 5.17. The zero-order chi connectivity index (χ0) is 13.4. The second-order valence-electron chi connectivity index (χ2n) is 4.40. The molecule has 0 radical (unpaired) electrons. The summed E-state index contributed by atoms with van der Waals surface area (Å²) in [4.78, 5) is 14.5. The Kier molecular flexibility index (Phi) is 5.58. The van der Waals surface area contributed by atoms with Crippen molar-refractivity contribution in [1.82, 2.24) is 0 Å². The average Bonchev–Trinajstić information content (AvgIpc) is 2.88. The number of esters is 1. The van der Waals surface area contributed by atoms with Crippen LogP contribution in [0.4, 0.5) is 0 Å². The van der Waals surface area contributed by atoms with Gasteiger partial charge in [-0.25, -0.2) is 4.79 Å². The van der Waals surface area contributed by atoms with Crippen LogP contribution < -0.4 is 0 Å². The van der Waals surface area contributed by atoms with Crippen LogP contribution in [0, 0.1) is 0 Å². The summed E-state index contributed by atoms with van der Waals surface area (Å²) in [5.74, 6) is -0.649. The predicted molar refractivity (Wildman–Crippen MR) is 65.9 cm³/mol. The lowest BCUT2D eigenvalue weighted by molar-refractivity contribution is -0.147. The van der Waals surface area contributed by atoms with E-state index in [2.05, 4.69) is 25.0 Å². The maximum Gasteiger partial charge on any atom is 0.341 e. The number of azide groups is 1. The van der Waals surface area contributed by atoms with Gasteiger partial charge in [-0.1, -0.05) is 26.2 Å². The van der Waals surface area contributed by atoms with E-state index in [1.165, 1.54) is 7.11 Å². The fraction of sp³-hybridized carbons (Fsp3) is 0.909. The van der Waals surface area contributed by atoms with E-state index in [4.69, 9.17) is 5.53 Å². The SMILES string of the molecule is CCCC(N=NC1CCCC1)(N=[N+]=[N-])C(=O)OC. The molecule has 0 aromatic heterocycles. The molecule has 1 rings (SSSR count). The summed E-state index contributed by atoms with van der Waals surface area (Å²) >= 11 is 0. The second kappa shape index (κ2) is 6.96. The fourth-order valence-electron chi connectivity index (χ4n) is 2.09. The molecule has 1 aliphatic rings. The van der Waals surface area contributed by atoms with Crippen LogP contribution in [0.2, 0.25) is 0 Å². The molecular formula is C11H19N5O2. The highest BCUT2D eigenvalue weighted by atomic mass is 16.5. The third-order valence-electron chi connectivity index (χ3n) is 3.03. The third-order valence-corrected chi connectivity index (χ3v) is 3.03. The van der Waals surface area contributed by atoms with Gasteiger partial charge in [0.25, 0.3) is 5.66 Å². The van der Waals surface area contributed by atoms with E-state index >= 15 is 0 Å². The third kappa shape index (κ3) is 3.43. The Morgan fingerprint density at radius 1 is 1.50 bits per heavy atom. The van der Waals surface area contributed by atoms with Crippen LogP contribution in [-0.2, 0) is 9.53 Å². The van der Waals surface area contributed by atoms with Crippen LogP contribution in [0.1, 0.15) is 45.4 Å². The highest BCUT2D eigenvalue weighted by Gasteiger charge is 2.39. The maximum atomic E-state index is 11.8. The van der Waals surface area contributed by atoms with Crippen molar-refractivity contribution in [2.75, 3.05) is 7.11 Å².